The van der Waals surface area contributed by atoms with Crippen molar-refractivity contribution in [2.75, 3.05) is 0 Å². The van der Waals surface area contributed by atoms with Gasteiger partial charge in [-0.15, -0.1) is 0 Å². The maximum atomic E-state index is 11.7. The Hall–Kier alpha value is -2.09. The molecule has 0 aliphatic heterocycles. The quantitative estimate of drug-likeness (QED) is 0.259. The highest BCUT2D eigenvalue weighted by Crippen LogP contribution is 2.42. The minimum Gasteiger partial charge on any atom is -0.370 e. The van der Waals surface area contributed by atoms with Crippen LogP contribution in [0.3, 0.4) is 0 Å². The van der Waals surface area contributed by atoms with Crippen LogP contribution in [0.1, 0.15) is 33.6 Å². The molecule has 0 saturated heterocycles. The van der Waals surface area contributed by atoms with Gasteiger partial charge in [-0.3, -0.25) is 4.79 Å². The van der Waals surface area contributed by atoms with Crippen LogP contribution in [0.4, 0.5) is 0 Å². The molecule has 0 radical (unpaired) electrons. The van der Waals surface area contributed by atoms with Crippen LogP contribution >= 0.6 is 0 Å². The normalized spacial score (nSPS) is 22.1. The number of nitrogens with two attached hydrogens (primary N) is 2. The number of nitriles is 1. The van der Waals surface area contributed by atoms with Crippen molar-refractivity contribution >= 4 is 11.9 Å². The Kier molecular flexibility index (Phi) is 4.49. The molecule has 0 heterocycles. The zero-order valence-electron chi connectivity index (χ0n) is 11.6. The van der Waals surface area contributed by atoms with Gasteiger partial charge in [0.05, 0.1) is 0 Å². The largest absolute Gasteiger partial charge is 0.370 e. The predicted octanol–water partition coefficient (Wildman–Crippen LogP) is 1.62. The van der Waals surface area contributed by atoms with E-state index in [9.17, 15) is 4.79 Å². The second-order valence-corrected chi connectivity index (χ2v) is 5.49. The van der Waals surface area contributed by atoms with E-state index in [-0.39, 0.29) is 22.9 Å². The van der Waals surface area contributed by atoms with Gasteiger partial charge in [-0.2, -0.15) is 10.3 Å². The lowest BCUT2D eigenvalue weighted by Gasteiger charge is -2.36. The zero-order valence-corrected chi connectivity index (χ0v) is 11.6. The third kappa shape index (κ3) is 3.68. The highest BCUT2D eigenvalue weighted by atomic mass is 16.1. The summed E-state index contributed by atoms with van der Waals surface area (Å²) in [6.45, 7) is 6.28. The van der Waals surface area contributed by atoms with Crippen LogP contribution in [-0.2, 0) is 4.79 Å². The first kappa shape index (κ1) is 15.0. The number of guanidine groups is 1. The smallest absolute Gasteiger partial charge is 0.290 e. The summed E-state index contributed by atoms with van der Waals surface area (Å²) in [5, 5.41) is 9.09. The van der Waals surface area contributed by atoms with E-state index in [1.165, 1.54) is 5.57 Å². The Morgan fingerprint density at radius 2 is 2.21 bits per heavy atom. The van der Waals surface area contributed by atoms with Crippen molar-refractivity contribution in [2.24, 2.45) is 27.8 Å². The van der Waals surface area contributed by atoms with Crippen LogP contribution in [0.15, 0.2) is 28.3 Å². The summed E-state index contributed by atoms with van der Waals surface area (Å²) in [6.07, 6.45) is 5.86. The summed E-state index contributed by atoms with van der Waals surface area (Å²) in [6, 6.07) is 1.88. The van der Waals surface area contributed by atoms with Crippen LogP contribution in [0.25, 0.3) is 0 Å². The topological polar surface area (TPSA) is 105 Å². The van der Waals surface area contributed by atoms with Gasteiger partial charge in [-0.1, -0.05) is 31.6 Å². The van der Waals surface area contributed by atoms with E-state index >= 15 is 0 Å². The molecule has 0 saturated carbocycles. The van der Waals surface area contributed by atoms with Gasteiger partial charge in [0.15, 0.2) is 5.96 Å². The molecule has 0 fully saturated rings. The Balaban J connectivity index is 3.14. The second kappa shape index (κ2) is 5.70. The zero-order chi connectivity index (χ0) is 14.6. The number of allylic oxidation sites excluding steroid dienone is 3. The molecule has 0 spiro atoms. The first-order chi connectivity index (χ1) is 8.77. The first-order valence-corrected chi connectivity index (χ1v) is 6.20. The molecule has 0 bridgehead atoms. The third-order valence-electron chi connectivity index (χ3n) is 3.50. The molecule has 1 aliphatic carbocycles. The Morgan fingerprint density at radius 3 is 2.68 bits per heavy atom. The van der Waals surface area contributed by atoms with Gasteiger partial charge >= 0.3 is 0 Å². The van der Waals surface area contributed by atoms with Crippen LogP contribution in [-0.4, -0.2) is 11.9 Å². The maximum Gasteiger partial charge on any atom is 0.290 e. The summed E-state index contributed by atoms with van der Waals surface area (Å²) in [7, 11) is 0. The van der Waals surface area contributed by atoms with Gasteiger partial charge in [0.1, 0.15) is 11.6 Å². The van der Waals surface area contributed by atoms with Crippen molar-refractivity contribution in [3.8, 4) is 6.07 Å². The molecular formula is C14H20N4O. The predicted molar refractivity (Wildman–Crippen MR) is 74.8 cm³/mol. The van der Waals surface area contributed by atoms with Crippen molar-refractivity contribution in [3.63, 3.8) is 0 Å². The highest BCUT2D eigenvalue weighted by Gasteiger charge is 2.32. The van der Waals surface area contributed by atoms with Gasteiger partial charge in [0.25, 0.3) is 5.91 Å². The van der Waals surface area contributed by atoms with E-state index in [4.69, 9.17) is 16.7 Å². The molecular weight excluding hydrogens is 240 g/mol. The van der Waals surface area contributed by atoms with Gasteiger partial charge in [-0.25, -0.2) is 0 Å². The number of hydrogen-bond acceptors (Lipinski definition) is 2. The monoisotopic (exact) mass is 260 g/mol. The third-order valence-corrected chi connectivity index (χ3v) is 3.50. The highest BCUT2D eigenvalue weighted by molar-refractivity contribution is 6.03. The minimum absolute atomic E-state index is 0.0128. The van der Waals surface area contributed by atoms with Crippen LogP contribution < -0.4 is 11.5 Å². The molecule has 0 aromatic rings. The van der Waals surface area contributed by atoms with Gasteiger partial charge in [-0.05, 0) is 25.2 Å². The molecule has 1 aliphatic rings. The number of hydrogen-bond donors (Lipinski definition) is 2. The summed E-state index contributed by atoms with van der Waals surface area (Å²) >= 11 is 0. The molecule has 1 rings (SSSR count). The summed E-state index contributed by atoms with van der Waals surface area (Å²) in [5.74, 6) is -0.966. The average molecular weight is 260 g/mol. The van der Waals surface area contributed by atoms with Gasteiger partial charge in [0, 0.05) is 5.92 Å². The fraction of sp³-hybridized carbons (Fsp3) is 0.500. The first-order valence-electron chi connectivity index (χ1n) is 6.20. The molecule has 5 nitrogen and oxygen atoms in total. The standard InChI is InChI=1S/C14H20N4O/c1-9-5-4-6-14(2,3)11(9)7-10(8-15)12(19)18-13(16)17/h5,7,11H,4,6H2,1-3H3,(H4,16,17,18,19)/b10-7-. The van der Waals surface area contributed by atoms with E-state index in [0.717, 1.165) is 12.8 Å². The van der Waals surface area contributed by atoms with Crippen molar-refractivity contribution in [1.82, 2.24) is 0 Å². The van der Waals surface area contributed by atoms with Crippen molar-refractivity contribution in [1.29, 1.82) is 5.26 Å². The van der Waals surface area contributed by atoms with E-state index in [1.54, 1.807) is 6.08 Å². The van der Waals surface area contributed by atoms with E-state index in [0.29, 0.717) is 0 Å². The number of carbonyl (C=O) groups is 1. The van der Waals surface area contributed by atoms with Crippen molar-refractivity contribution in [2.45, 2.75) is 33.6 Å². The molecule has 4 N–H and O–H groups in total. The van der Waals surface area contributed by atoms with Crippen molar-refractivity contribution in [3.05, 3.63) is 23.3 Å². The number of nitrogens with zero attached hydrogens (tertiary/aromatic N) is 2. The van der Waals surface area contributed by atoms with E-state index < -0.39 is 5.91 Å². The fourth-order valence-corrected chi connectivity index (χ4v) is 2.43. The molecule has 19 heavy (non-hydrogen) atoms. The van der Waals surface area contributed by atoms with Crippen LogP contribution in [0, 0.1) is 22.7 Å². The number of carbonyl (C=O) groups excluding carboxylic acids is 1. The lowest BCUT2D eigenvalue weighted by atomic mass is 9.68. The van der Waals surface area contributed by atoms with Crippen molar-refractivity contribution < 1.29 is 4.79 Å². The van der Waals surface area contributed by atoms with E-state index in [2.05, 4.69) is 24.9 Å². The number of rotatable bonds is 2. The Bertz CT molecular complexity index is 502. The summed E-state index contributed by atoms with van der Waals surface area (Å²) < 4.78 is 0. The molecule has 102 valence electrons. The minimum atomic E-state index is -0.684. The lowest BCUT2D eigenvalue weighted by molar-refractivity contribution is -0.114. The molecule has 0 aromatic heterocycles. The number of amides is 1. The Morgan fingerprint density at radius 1 is 1.58 bits per heavy atom. The lowest BCUT2D eigenvalue weighted by Crippen LogP contribution is -2.27. The molecule has 1 amide bonds. The van der Waals surface area contributed by atoms with Crippen LogP contribution in [0.2, 0.25) is 0 Å². The SMILES string of the molecule is CC1=CCCC(C)(C)C1/C=C(/C#N)C(=O)N=C(N)N. The van der Waals surface area contributed by atoms with Crippen LogP contribution in [0.5, 0.6) is 0 Å². The molecule has 1 unspecified atom stereocenters. The summed E-state index contributed by atoms with van der Waals surface area (Å²) in [5.41, 5.74) is 11.5. The molecule has 5 heteroatoms. The van der Waals surface area contributed by atoms with Gasteiger partial charge in [0.2, 0.25) is 0 Å². The number of aliphatic imine (C=N–C) groups is 1. The second-order valence-electron chi connectivity index (χ2n) is 5.49. The fourth-order valence-electron chi connectivity index (χ4n) is 2.43. The molecule has 1 atom stereocenters. The summed E-state index contributed by atoms with van der Waals surface area (Å²) in [4.78, 5) is 15.1. The van der Waals surface area contributed by atoms with E-state index in [1.807, 2.05) is 13.0 Å². The van der Waals surface area contributed by atoms with Gasteiger partial charge < -0.3 is 11.5 Å². The average Bonchev–Trinajstić information content (AvgIpc) is 2.26. The Labute approximate surface area is 113 Å². The maximum absolute atomic E-state index is 11.7. The molecule has 0 aromatic carbocycles.